The Balaban J connectivity index is 1.71. The van der Waals surface area contributed by atoms with E-state index in [1.807, 2.05) is 4.90 Å². The van der Waals surface area contributed by atoms with Gasteiger partial charge in [0.05, 0.1) is 24.3 Å². The molecule has 0 unspecified atom stereocenters. The Bertz CT molecular complexity index is 774. The van der Waals surface area contributed by atoms with Crippen molar-refractivity contribution in [2.24, 2.45) is 0 Å². The van der Waals surface area contributed by atoms with Crippen molar-refractivity contribution in [2.75, 3.05) is 31.2 Å². The largest absolute Gasteiger partial charge is 0.416 e. The number of halogens is 3. The van der Waals surface area contributed by atoms with Crippen molar-refractivity contribution in [1.29, 1.82) is 0 Å². The predicted octanol–water partition coefficient (Wildman–Crippen LogP) is 2.87. The number of alkyl halides is 3. The summed E-state index contributed by atoms with van der Waals surface area (Å²) in [7, 11) is 0. The SMILES string of the molecule is O=C(NCc1cccc(C(F)(F)F)c1)c1cccnc1N1CCOCC1. The van der Waals surface area contributed by atoms with Crippen molar-refractivity contribution in [1.82, 2.24) is 10.3 Å². The third kappa shape index (κ3) is 4.32. The summed E-state index contributed by atoms with van der Waals surface area (Å²) in [6.07, 6.45) is -2.80. The smallest absolute Gasteiger partial charge is 0.378 e. The first-order chi connectivity index (χ1) is 12.4. The lowest BCUT2D eigenvalue weighted by molar-refractivity contribution is -0.137. The Morgan fingerprint density at radius 1 is 1.19 bits per heavy atom. The van der Waals surface area contributed by atoms with Gasteiger partial charge in [0.1, 0.15) is 5.82 Å². The second-order valence-corrected chi connectivity index (χ2v) is 5.85. The van der Waals surface area contributed by atoms with Crippen LogP contribution in [0.5, 0.6) is 0 Å². The summed E-state index contributed by atoms with van der Waals surface area (Å²) in [6.45, 7) is 2.37. The van der Waals surface area contributed by atoms with E-state index in [0.29, 0.717) is 43.2 Å². The van der Waals surface area contributed by atoms with Crippen LogP contribution in [0.15, 0.2) is 42.6 Å². The minimum Gasteiger partial charge on any atom is -0.378 e. The maximum Gasteiger partial charge on any atom is 0.416 e. The van der Waals surface area contributed by atoms with E-state index < -0.39 is 11.7 Å². The average molecular weight is 365 g/mol. The summed E-state index contributed by atoms with van der Waals surface area (Å²) in [6, 6.07) is 8.22. The number of rotatable bonds is 4. The van der Waals surface area contributed by atoms with Crippen molar-refractivity contribution < 1.29 is 22.7 Å². The maximum absolute atomic E-state index is 12.8. The Hall–Kier alpha value is -2.61. The van der Waals surface area contributed by atoms with Crippen molar-refractivity contribution in [3.05, 3.63) is 59.3 Å². The molecule has 0 saturated carbocycles. The van der Waals surface area contributed by atoms with E-state index in [4.69, 9.17) is 4.74 Å². The molecule has 0 atom stereocenters. The van der Waals surface area contributed by atoms with Gasteiger partial charge in [-0.25, -0.2) is 4.98 Å². The van der Waals surface area contributed by atoms with Gasteiger partial charge < -0.3 is 15.0 Å². The molecule has 1 fully saturated rings. The molecule has 1 N–H and O–H groups in total. The van der Waals surface area contributed by atoms with E-state index in [-0.39, 0.29) is 12.5 Å². The van der Waals surface area contributed by atoms with Gasteiger partial charge in [0, 0.05) is 25.8 Å². The van der Waals surface area contributed by atoms with Gasteiger partial charge in [-0.15, -0.1) is 0 Å². The molecule has 2 heterocycles. The van der Waals surface area contributed by atoms with E-state index in [1.54, 1.807) is 24.4 Å². The number of pyridine rings is 1. The van der Waals surface area contributed by atoms with Crippen molar-refractivity contribution in [2.45, 2.75) is 12.7 Å². The van der Waals surface area contributed by atoms with Gasteiger partial charge in [-0.3, -0.25) is 4.79 Å². The molecule has 5 nitrogen and oxygen atoms in total. The number of morpholine rings is 1. The van der Waals surface area contributed by atoms with Crippen LogP contribution >= 0.6 is 0 Å². The molecule has 0 aliphatic carbocycles. The lowest BCUT2D eigenvalue weighted by Gasteiger charge is -2.29. The fraction of sp³-hybridized carbons (Fsp3) is 0.333. The minimum atomic E-state index is -4.41. The molecule has 1 aromatic heterocycles. The molecular formula is C18H18F3N3O2. The molecule has 138 valence electrons. The molecule has 3 rings (SSSR count). The molecule has 1 amide bonds. The lowest BCUT2D eigenvalue weighted by Crippen LogP contribution is -2.38. The standard InChI is InChI=1S/C18H18F3N3O2/c19-18(20,21)14-4-1-3-13(11-14)12-23-17(25)15-5-2-6-22-16(15)24-7-9-26-10-8-24/h1-6,11H,7-10,12H2,(H,23,25). The van der Waals surface area contributed by atoms with Crippen LogP contribution in [-0.4, -0.2) is 37.2 Å². The van der Waals surface area contributed by atoms with Crippen molar-refractivity contribution in [3.8, 4) is 0 Å². The fourth-order valence-electron chi connectivity index (χ4n) is 2.74. The van der Waals surface area contributed by atoms with E-state index >= 15 is 0 Å². The van der Waals surface area contributed by atoms with Crippen LogP contribution in [0.1, 0.15) is 21.5 Å². The number of aromatic nitrogens is 1. The highest BCUT2D eigenvalue weighted by atomic mass is 19.4. The van der Waals surface area contributed by atoms with E-state index in [1.165, 1.54) is 6.07 Å². The molecule has 1 aliphatic rings. The van der Waals surface area contributed by atoms with Gasteiger partial charge in [-0.1, -0.05) is 12.1 Å². The molecule has 0 spiro atoms. The van der Waals surface area contributed by atoms with Gasteiger partial charge in [0.15, 0.2) is 0 Å². The zero-order valence-electron chi connectivity index (χ0n) is 13.9. The maximum atomic E-state index is 12.8. The number of hydrogen-bond donors (Lipinski definition) is 1. The third-order valence-corrected chi connectivity index (χ3v) is 4.05. The second-order valence-electron chi connectivity index (χ2n) is 5.85. The molecule has 1 saturated heterocycles. The van der Waals surface area contributed by atoms with Gasteiger partial charge >= 0.3 is 6.18 Å². The summed E-state index contributed by atoms with van der Waals surface area (Å²) in [5.74, 6) is 0.175. The van der Waals surface area contributed by atoms with Gasteiger partial charge in [0.2, 0.25) is 0 Å². The lowest BCUT2D eigenvalue weighted by atomic mass is 10.1. The first-order valence-electron chi connectivity index (χ1n) is 8.17. The number of carbonyl (C=O) groups is 1. The van der Waals surface area contributed by atoms with Crippen LogP contribution in [0, 0.1) is 0 Å². The molecule has 2 aromatic rings. The Kier molecular flexibility index (Phi) is 5.41. The molecular weight excluding hydrogens is 347 g/mol. The zero-order chi connectivity index (χ0) is 18.6. The number of nitrogens with zero attached hydrogens (tertiary/aromatic N) is 2. The predicted molar refractivity (Wildman–Crippen MR) is 89.9 cm³/mol. The van der Waals surface area contributed by atoms with Gasteiger partial charge in [0.25, 0.3) is 5.91 Å². The summed E-state index contributed by atoms with van der Waals surface area (Å²) in [5.41, 5.74) is 0.0333. The Morgan fingerprint density at radius 2 is 1.96 bits per heavy atom. The minimum absolute atomic E-state index is 0.000197. The van der Waals surface area contributed by atoms with E-state index in [9.17, 15) is 18.0 Å². The highest BCUT2D eigenvalue weighted by molar-refractivity contribution is 5.98. The van der Waals surface area contributed by atoms with Gasteiger partial charge in [-0.2, -0.15) is 13.2 Å². The van der Waals surface area contributed by atoms with Crippen LogP contribution in [-0.2, 0) is 17.5 Å². The molecule has 0 radical (unpaired) electrons. The fourth-order valence-corrected chi connectivity index (χ4v) is 2.74. The van der Waals surface area contributed by atoms with Gasteiger partial charge in [-0.05, 0) is 29.8 Å². The highest BCUT2D eigenvalue weighted by Crippen LogP contribution is 2.29. The number of nitrogens with one attached hydrogen (secondary N) is 1. The number of benzene rings is 1. The summed E-state index contributed by atoms with van der Waals surface area (Å²) in [5, 5.41) is 2.67. The van der Waals surface area contributed by atoms with Crippen LogP contribution in [0.25, 0.3) is 0 Å². The quantitative estimate of drug-likeness (QED) is 0.905. The van der Waals surface area contributed by atoms with E-state index in [0.717, 1.165) is 12.1 Å². The molecule has 1 aromatic carbocycles. The van der Waals surface area contributed by atoms with Crippen molar-refractivity contribution >= 4 is 11.7 Å². The normalized spacial score (nSPS) is 15.0. The second kappa shape index (κ2) is 7.74. The van der Waals surface area contributed by atoms with Crippen LogP contribution in [0.3, 0.4) is 0 Å². The Morgan fingerprint density at radius 3 is 2.69 bits per heavy atom. The van der Waals surface area contributed by atoms with E-state index in [2.05, 4.69) is 10.3 Å². The summed E-state index contributed by atoms with van der Waals surface area (Å²) < 4.78 is 43.6. The van der Waals surface area contributed by atoms with Crippen LogP contribution in [0.2, 0.25) is 0 Å². The number of carbonyl (C=O) groups excluding carboxylic acids is 1. The first kappa shape index (κ1) is 18.2. The number of anilines is 1. The Labute approximate surface area is 148 Å². The molecule has 26 heavy (non-hydrogen) atoms. The third-order valence-electron chi connectivity index (χ3n) is 4.05. The molecule has 8 heteroatoms. The zero-order valence-corrected chi connectivity index (χ0v) is 13.9. The number of amides is 1. The average Bonchev–Trinajstić information content (AvgIpc) is 2.66. The molecule has 0 bridgehead atoms. The topological polar surface area (TPSA) is 54.5 Å². The number of ether oxygens (including phenoxy) is 1. The first-order valence-corrected chi connectivity index (χ1v) is 8.17. The van der Waals surface area contributed by atoms with Crippen LogP contribution in [0.4, 0.5) is 19.0 Å². The number of hydrogen-bond acceptors (Lipinski definition) is 4. The molecule has 1 aliphatic heterocycles. The van der Waals surface area contributed by atoms with Crippen molar-refractivity contribution in [3.63, 3.8) is 0 Å². The monoisotopic (exact) mass is 365 g/mol. The highest BCUT2D eigenvalue weighted by Gasteiger charge is 2.30. The van der Waals surface area contributed by atoms with Crippen LogP contribution < -0.4 is 10.2 Å². The summed E-state index contributed by atoms with van der Waals surface area (Å²) >= 11 is 0. The summed E-state index contributed by atoms with van der Waals surface area (Å²) in [4.78, 5) is 18.8.